The lowest BCUT2D eigenvalue weighted by atomic mass is 9.76. The fourth-order valence-electron chi connectivity index (χ4n) is 3.62. The lowest BCUT2D eigenvalue weighted by molar-refractivity contribution is 0.0715. The summed E-state index contributed by atoms with van der Waals surface area (Å²) in [4.78, 5) is 0. The van der Waals surface area contributed by atoms with Crippen LogP contribution in [0.5, 0.6) is 0 Å². The Morgan fingerprint density at radius 3 is 2.50 bits per heavy atom. The molecule has 1 aliphatic carbocycles. The molecular formula is C19H30O. The lowest BCUT2D eigenvalue weighted by Crippen LogP contribution is -2.21. The van der Waals surface area contributed by atoms with Crippen LogP contribution in [-0.4, -0.2) is 5.11 Å². The summed E-state index contributed by atoms with van der Waals surface area (Å²) < 4.78 is 0. The van der Waals surface area contributed by atoms with E-state index in [0.717, 1.165) is 11.5 Å². The minimum atomic E-state index is -0.262. The van der Waals surface area contributed by atoms with Gasteiger partial charge in [0.1, 0.15) is 0 Å². The Labute approximate surface area is 124 Å². The Bertz CT molecular complexity index is 416. The zero-order valence-corrected chi connectivity index (χ0v) is 13.4. The number of aliphatic hydroxyl groups is 1. The Morgan fingerprint density at radius 1 is 1.15 bits per heavy atom. The third kappa shape index (κ3) is 3.85. The molecule has 1 nitrogen and oxygen atoms in total. The summed E-state index contributed by atoms with van der Waals surface area (Å²) in [7, 11) is 0. The van der Waals surface area contributed by atoms with Crippen LogP contribution < -0.4 is 0 Å². The third-order valence-corrected chi connectivity index (χ3v) is 5.06. The van der Waals surface area contributed by atoms with E-state index >= 15 is 0 Å². The lowest BCUT2D eigenvalue weighted by Gasteiger charge is -2.32. The summed E-state index contributed by atoms with van der Waals surface area (Å²) in [5, 5.41) is 10.7. The first kappa shape index (κ1) is 15.6. The van der Waals surface area contributed by atoms with Crippen molar-refractivity contribution >= 4 is 0 Å². The van der Waals surface area contributed by atoms with E-state index < -0.39 is 0 Å². The first-order chi connectivity index (χ1) is 9.61. The Morgan fingerprint density at radius 2 is 1.85 bits per heavy atom. The highest BCUT2D eigenvalue weighted by molar-refractivity contribution is 5.32. The minimum Gasteiger partial charge on any atom is -0.388 e. The summed E-state index contributed by atoms with van der Waals surface area (Å²) in [5.41, 5.74) is 3.64. The third-order valence-electron chi connectivity index (χ3n) is 5.06. The molecule has 0 aromatic heterocycles. The fraction of sp³-hybridized carbons (Fsp3) is 0.684. The standard InChI is InChI=1S/C19H30O/c1-4-5-6-16-9-11-17(12-10-16)19(20)18-13-14(2)7-8-15(18)3/h7-8,13,16-17,19-20H,4-6,9-12H2,1-3H3. The van der Waals surface area contributed by atoms with E-state index in [2.05, 4.69) is 39.0 Å². The Kier molecular flexibility index (Phi) is 5.65. The van der Waals surface area contributed by atoms with Gasteiger partial charge in [0, 0.05) is 0 Å². The van der Waals surface area contributed by atoms with Crippen molar-refractivity contribution < 1.29 is 5.11 Å². The number of unbranched alkanes of at least 4 members (excludes halogenated alkanes) is 1. The Balaban J connectivity index is 1.94. The normalized spacial score (nSPS) is 24.6. The van der Waals surface area contributed by atoms with E-state index in [1.807, 2.05) is 0 Å². The average molecular weight is 274 g/mol. The van der Waals surface area contributed by atoms with Gasteiger partial charge in [0.05, 0.1) is 6.10 Å². The summed E-state index contributed by atoms with van der Waals surface area (Å²) in [6, 6.07) is 6.44. The molecule has 1 saturated carbocycles. The van der Waals surface area contributed by atoms with Crippen molar-refractivity contribution in [1.29, 1.82) is 0 Å². The largest absolute Gasteiger partial charge is 0.388 e. The second-order valence-corrected chi connectivity index (χ2v) is 6.73. The maximum atomic E-state index is 10.7. The van der Waals surface area contributed by atoms with Gasteiger partial charge < -0.3 is 5.11 Å². The molecule has 20 heavy (non-hydrogen) atoms. The molecule has 1 aliphatic rings. The van der Waals surface area contributed by atoms with Gasteiger partial charge in [0.15, 0.2) is 0 Å². The van der Waals surface area contributed by atoms with E-state index in [0.29, 0.717) is 5.92 Å². The van der Waals surface area contributed by atoms with Crippen molar-refractivity contribution in [2.24, 2.45) is 11.8 Å². The van der Waals surface area contributed by atoms with Crippen LogP contribution in [-0.2, 0) is 0 Å². The van der Waals surface area contributed by atoms with Gasteiger partial charge in [-0.15, -0.1) is 0 Å². The molecular weight excluding hydrogens is 244 g/mol. The molecule has 112 valence electrons. The van der Waals surface area contributed by atoms with Gasteiger partial charge in [0.25, 0.3) is 0 Å². The molecule has 1 N–H and O–H groups in total. The molecule has 0 radical (unpaired) electrons. The minimum absolute atomic E-state index is 0.262. The highest BCUT2D eigenvalue weighted by Crippen LogP contribution is 2.39. The molecule has 1 heteroatoms. The molecule has 1 atom stereocenters. The van der Waals surface area contributed by atoms with Crippen molar-refractivity contribution in [2.45, 2.75) is 71.8 Å². The van der Waals surface area contributed by atoms with Gasteiger partial charge in [-0.3, -0.25) is 0 Å². The van der Waals surface area contributed by atoms with Gasteiger partial charge in [-0.1, -0.05) is 62.8 Å². The molecule has 0 amide bonds. The predicted molar refractivity (Wildman–Crippen MR) is 85.8 cm³/mol. The highest BCUT2D eigenvalue weighted by Gasteiger charge is 2.27. The van der Waals surface area contributed by atoms with Crippen LogP contribution in [0.2, 0.25) is 0 Å². The van der Waals surface area contributed by atoms with Crippen LogP contribution in [0.4, 0.5) is 0 Å². The monoisotopic (exact) mass is 274 g/mol. The number of hydrogen-bond acceptors (Lipinski definition) is 1. The van der Waals surface area contributed by atoms with Crippen LogP contribution in [0.1, 0.15) is 74.7 Å². The predicted octanol–water partition coefficient (Wildman–Crippen LogP) is 5.33. The van der Waals surface area contributed by atoms with Crippen LogP contribution in [0.3, 0.4) is 0 Å². The summed E-state index contributed by atoms with van der Waals surface area (Å²) >= 11 is 0. The van der Waals surface area contributed by atoms with Crippen LogP contribution in [0.15, 0.2) is 18.2 Å². The molecule has 2 rings (SSSR count). The molecule has 0 aliphatic heterocycles. The van der Waals surface area contributed by atoms with E-state index in [9.17, 15) is 5.11 Å². The molecule has 0 bridgehead atoms. The smallest absolute Gasteiger partial charge is 0.0820 e. The van der Waals surface area contributed by atoms with Gasteiger partial charge >= 0.3 is 0 Å². The maximum absolute atomic E-state index is 10.7. The summed E-state index contributed by atoms with van der Waals surface area (Å²) in [6.45, 7) is 6.50. The number of aryl methyl sites for hydroxylation is 2. The number of benzene rings is 1. The van der Waals surface area contributed by atoms with Gasteiger partial charge in [-0.25, -0.2) is 0 Å². The van der Waals surface area contributed by atoms with Gasteiger partial charge in [-0.2, -0.15) is 0 Å². The molecule has 1 aromatic carbocycles. The number of rotatable bonds is 5. The topological polar surface area (TPSA) is 20.2 Å². The van der Waals surface area contributed by atoms with Crippen LogP contribution >= 0.6 is 0 Å². The zero-order chi connectivity index (χ0) is 14.5. The van der Waals surface area contributed by atoms with Crippen molar-refractivity contribution in [1.82, 2.24) is 0 Å². The number of hydrogen-bond donors (Lipinski definition) is 1. The Hall–Kier alpha value is -0.820. The SMILES string of the molecule is CCCCC1CCC(C(O)c2cc(C)ccc2C)CC1. The highest BCUT2D eigenvalue weighted by atomic mass is 16.3. The van der Waals surface area contributed by atoms with Gasteiger partial charge in [-0.05, 0) is 49.7 Å². The van der Waals surface area contributed by atoms with Crippen molar-refractivity contribution in [3.63, 3.8) is 0 Å². The van der Waals surface area contributed by atoms with Crippen LogP contribution in [0, 0.1) is 25.7 Å². The summed E-state index contributed by atoms with van der Waals surface area (Å²) in [6.07, 6.45) is 8.83. The average Bonchev–Trinajstić information content (AvgIpc) is 2.47. The van der Waals surface area contributed by atoms with Gasteiger partial charge in [0.2, 0.25) is 0 Å². The van der Waals surface area contributed by atoms with E-state index in [1.54, 1.807) is 0 Å². The van der Waals surface area contributed by atoms with Crippen LogP contribution in [0.25, 0.3) is 0 Å². The fourth-order valence-corrected chi connectivity index (χ4v) is 3.62. The molecule has 0 heterocycles. The van der Waals surface area contributed by atoms with Crippen molar-refractivity contribution in [3.8, 4) is 0 Å². The first-order valence-electron chi connectivity index (χ1n) is 8.37. The van der Waals surface area contributed by atoms with Crippen molar-refractivity contribution in [2.75, 3.05) is 0 Å². The summed E-state index contributed by atoms with van der Waals surface area (Å²) in [5.74, 6) is 1.38. The van der Waals surface area contributed by atoms with E-state index in [1.165, 1.54) is 56.1 Å². The quantitative estimate of drug-likeness (QED) is 0.769. The second kappa shape index (κ2) is 7.26. The first-order valence-corrected chi connectivity index (χ1v) is 8.37. The molecule has 0 spiro atoms. The van der Waals surface area contributed by atoms with E-state index in [-0.39, 0.29) is 6.10 Å². The maximum Gasteiger partial charge on any atom is 0.0820 e. The zero-order valence-electron chi connectivity index (χ0n) is 13.4. The second-order valence-electron chi connectivity index (χ2n) is 6.73. The number of aliphatic hydroxyl groups excluding tert-OH is 1. The van der Waals surface area contributed by atoms with E-state index in [4.69, 9.17) is 0 Å². The molecule has 1 aromatic rings. The molecule has 0 saturated heterocycles. The molecule has 1 fully saturated rings. The molecule has 1 unspecified atom stereocenters. The van der Waals surface area contributed by atoms with Crippen molar-refractivity contribution in [3.05, 3.63) is 34.9 Å².